The van der Waals surface area contributed by atoms with Gasteiger partial charge in [-0.3, -0.25) is 19.2 Å². The number of nitrogens with zero attached hydrogens (tertiary/aromatic N) is 4. The number of fused-ring (bicyclic) bond motifs is 1. The van der Waals surface area contributed by atoms with E-state index in [-0.39, 0.29) is 37.5 Å². The lowest BCUT2D eigenvalue weighted by Crippen LogP contribution is -2.41. The van der Waals surface area contributed by atoms with Crippen LogP contribution in [-0.2, 0) is 29.6 Å². The van der Waals surface area contributed by atoms with Crippen LogP contribution < -0.4 is 0 Å². The Morgan fingerprint density at radius 2 is 1.67 bits per heavy atom. The van der Waals surface area contributed by atoms with Crippen LogP contribution in [0, 0.1) is 0 Å². The molecule has 0 unspecified atom stereocenters. The van der Waals surface area contributed by atoms with Gasteiger partial charge in [0, 0.05) is 48.5 Å². The van der Waals surface area contributed by atoms with E-state index in [9.17, 15) is 19.2 Å². The lowest BCUT2D eigenvalue weighted by atomic mass is 9.91. The maximum atomic E-state index is 13.0. The minimum absolute atomic E-state index is 0.0253. The molecule has 13 heteroatoms. The fourth-order valence-corrected chi connectivity index (χ4v) is 7.50. The molecule has 1 fully saturated rings. The van der Waals surface area contributed by atoms with Crippen molar-refractivity contribution in [2.24, 2.45) is 0 Å². The highest BCUT2D eigenvalue weighted by molar-refractivity contribution is 8.77. The molecule has 1 heterocycles. The molecule has 2 amide bonds. The van der Waals surface area contributed by atoms with Crippen LogP contribution in [0.15, 0.2) is 63.8 Å². The number of carbonyl (C=O) groups is 4. The van der Waals surface area contributed by atoms with Crippen molar-refractivity contribution in [3.63, 3.8) is 0 Å². The predicted molar refractivity (Wildman–Crippen MR) is 173 cm³/mol. The Morgan fingerprint density at radius 3 is 2.40 bits per heavy atom. The summed E-state index contributed by atoms with van der Waals surface area (Å²) in [6.07, 6.45) is 3.49. The van der Waals surface area contributed by atoms with Crippen LogP contribution in [0.1, 0.15) is 67.8 Å². The molecule has 240 valence electrons. The van der Waals surface area contributed by atoms with Crippen molar-refractivity contribution in [1.29, 1.82) is 0 Å². The summed E-state index contributed by atoms with van der Waals surface area (Å²) < 4.78 is 15.7. The monoisotopic (exact) mass is 654 g/mol. The molecule has 1 aromatic heterocycles. The van der Waals surface area contributed by atoms with Crippen molar-refractivity contribution in [3.8, 4) is 0 Å². The Morgan fingerprint density at radius 1 is 0.956 bits per heavy atom. The summed E-state index contributed by atoms with van der Waals surface area (Å²) in [4.78, 5) is 53.3. The zero-order valence-electron chi connectivity index (χ0n) is 25.7. The van der Waals surface area contributed by atoms with Gasteiger partial charge in [0.05, 0.1) is 19.4 Å². The number of hydrogen-bond acceptors (Lipinski definition) is 11. The van der Waals surface area contributed by atoms with E-state index in [1.807, 2.05) is 25.1 Å². The fraction of sp³-hybridized carbons (Fsp3) is 0.438. The van der Waals surface area contributed by atoms with Crippen molar-refractivity contribution in [1.82, 2.24) is 20.1 Å². The van der Waals surface area contributed by atoms with Gasteiger partial charge in [-0.25, -0.2) is 4.63 Å². The van der Waals surface area contributed by atoms with Crippen LogP contribution in [0.25, 0.3) is 11.0 Å². The molecule has 11 nitrogen and oxygen atoms in total. The second kappa shape index (κ2) is 17.0. The summed E-state index contributed by atoms with van der Waals surface area (Å²) in [7, 11) is 6.67. The number of rotatable bonds is 15. The quantitative estimate of drug-likeness (QED) is 0.112. The number of allylic oxidation sites excluding steroid dienone is 1. The topological polar surface area (TPSA) is 132 Å². The van der Waals surface area contributed by atoms with E-state index < -0.39 is 11.9 Å². The van der Waals surface area contributed by atoms with Gasteiger partial charge in [-0.1, -0.05) is 51.9 Å². The summed E-state index contributed by atoms with van der Waals surface area (Å²) in [5.41, 5.74) is 3.62. The van der Waals surface area contributed by atoms with Crippen molar-refractivity contribution in [2.75, 3.05) is 20.7 Å². The van der Waals surface area contributed by atoms with Gasteiger partial charge < -0.3 is 19.3 Å². The number of aromatic nitrogens is 2. The van der Waals surface area contributed by atoms with Crippen LogP contribution in [0.3, 0.4) is 0 Å². The molecule has 1 saturated carbocycles. The maximum Gasteiger partial charge on any atom is 0.306 e. The highest BCUT2D eigenvalue weighted by Gasteiger charge is 2.29. The molecule has 0 bridgehead atoms. The van der Waals surface area contributed by atoms with Crippen molar-refractivity contribution >= 4 is 56.9 Å². The van der Waals surface area contributed by atoms with Gasteiger partial charge in [-0.05, 0) is 66.7 Å². The first-order valence-electron chi connectivity index (χ1n) is 14.8. The van der Waals surface area contributed by atoms with Gasteiger partial charge in [-0.15, -0.1) is 0 Å². The molecule has 0 spiro atoms. The van der Waals surface area contributed by atoms with Gasteiger partial charge in [0.25, 0.3) is 5.91 Å². The predicted octanol–water partition coefficient (Wildman–Crippen LogP) is 5.76. The molecule has 3 aromatic rings. The summed E-state index contributed by atoms with van der Waals surface area (Å²) in [5.74, 6) is -0.230. The first-order chi connectivity index (χ1) is 21.7. The van der Waals surface area contributed by atoms with Crippen molar-refractivity contribution in [2.45, 2.75) is 69.8 Å². The molecule has 45 heavy (non-hydrogen) atoms. The van der Waals surface area contributed by atoms with Crippen molar-refractivity contribution < 1.29 is 33.3 Å². The normalized spacial score (nSPS) is 16.9. The summed E-state index contributed by atoms with van der Waals surface area (Å²) in [6.45, 7) is 2.00. The average molecular weight is 655 g/mol. The molecule has 0 saturated heterocycles. The summed E-state index contributed by atoms with van der Waals surface area (Å²) in [6, 6.07) is 15.2. The van der Waals surface area contributed by atoms with Crippen LogP contribution in [0.5, 0.6) is 0 Å². The Kier molecular flexibility index (Phi) is 12.9. The maximum absolute atomic E-state index is 13.0. The van der Waals surface area contributed by atoms with Gasteiger partial charge in [0.1, 0.15) is 17.1 Å². The lowest BCUT2D eigenvalue weighted by molar-refractivity contribution is -0.155. The molecule has 4 rings (SSSR count). The first-order valence-corrected chi connectivity index (χ1v) is 17.1. The fourth-order valence-electron chi connectivity index (χ4n) is 4.92. The summed E-state index contributed by atoms with van der Waals surface area (Å²) >= 11 is 0. The van der Waals surface area contributed by atoms with Gasteiger partial charge in [-0.2, -0.15) is 0 Å². The number of benzene rings is 2. The molecule has 0 atom stereocenters. The molecular weight excluding hydrogens is 617 g/mol. The highest BCUT2D eigenvalue weighted by atomic mass is 33.1. The third-order valence-electron chi connectivity index (χ3n) is 7.75. The summed E-state index contributed by atoms with van der Waals surface area (Å²) in [5, 5.41) is 7.57. The van der Waals surface area contributed by atoms with E-state index in [0.29, 0.717) is 48.7 Å². The number of hydrogen-bond donors (Lipinski definition) is 0. The van der Waals surface area contributed by atoms with E-state index in [1.165, 1.54) is 10.5 Å². The smallest absolute Gasteiger partial charge is 0.306 e. The van der Waals surface area contributed by atoms with Crippen LogP contribution in [0.2, 0.25) is 0 Å². The van der Waals surface area contributed by atoms with Gasteiger partial charge in [0.15, 0.2) is 0 Å². The average Bonchev–Trinajstić information content (AvgIpc) is 3.54. The molecule has 1 aliphatic rings. The second-order valence-electron chi connectivity index (χ2n) is 10.8. The molecule has 2 aromatic carbocycles. The number of amides is 2. The minimum Gasteiger partial charge on any atom is -0.465 e. The molecular formula is C32H38N4O7S2. The Hall–Kier alpha value is -3.84. The Bertz CT molecular complexity index is 1490. The molecule has 1 aliphatic carbocycles. The van der Waals surface area contributed by atoms with Gasteiger partial charge in [0.2, 0.25) is 6.41 Å². The third-order valence-corrected chi connectivity index (χ3v) is 10.3. The van der Waals surface area contributed by atoms with Crippen LogP contribution >= 0.6 is 21.6 Å². The van der Waals surface area contributed by atoms with E-state index in [0.717, 1.165) is 22.8 Å². The number of carbonyl (C=O) groups excluding carboxylic acids is 4. The second-order valence-corrected chi connectivity index (χ2v) is 13.2. The van der Waals surface area contributed by atoms with E-state index >= 15 is 0 Å². The lowest BCUT2D eigenvalue weighted by Gasteiger charge is -2.34. The first kappa shape index (κ1) is 34.0. The van der Waals surface area contributed by atoms with Crippen LogP contribution in [0.4, 0.5) is 0 Å². The highest BCUT2D eigenvalue weighted by Crippen LogP contribution is 2.37. The third kappa shape index (κ3) is 10.1. The largest absolute Gasteiger partial charge is 0.465 e. The SMILES string of the molecule is C/C(=C(/CCOC(=O)CCC(=O)OC1CCC(N(C)C(=O)c2ccc3nonc3c2)CC1)SSCc1ccccc1)N(C)C=O. The van der Waals surface area contributed by atoms with Crippen LogP contribution in [-0.4, -0.2) is 77.2 Å². The number of esters is 2. The Balaban J connectivity index is 1.14. The van der Waals surface area contributed by atoms with E-state index in [4.69, 9.17) is 14.1 Å². The zero-order chi connectivity index (χ0) is 32.2. The Labute approximate surface area is 270 Å². The van der Waals surface area contributed by atoms with E-state index in [2.05, 4.69) is 22.4 Å². The van der Waals surface area contributed by atoms with Crippen molar-refractivity contribution in [3.05, 3.63) is 70.3 Å². The molecule has 0 radical (unpaired) electrons. The number of ether oxygens (including phenoxy) is 2. The zero-order valence-corrected chi connectivity index (χ0v) is 27.3. The minimum atomic E-state index is -0.474. The van der Waals surface area contributed by atoms with E-state index in [1.54, 1.807) is 58.8 Å². The standard InChI is InChI=1S/C32H38N4O7S2/c1-22(35(2)21-37)29(45-44-20-23-7-5-4-6-8-23)17-18-41-30(38)15-16-31(39)42-26-12-10-25(11-13-26)36(3)32(40)24-9-14-27-28(19-24)34-43-33-27/h4-9,14,19,21,25-26H,10-13,15-18,20H2,1-3H3/b29-22+. The molecule has 0 aliphatic heterocycles. The van der Waals surface area contributed by atoms with Gasteiger partial charge >= 0.3 is 11.9 Å². The molecule has 0 N–H and O–H groups in total.